The molecule has 0 aliphatic carbocycles. The molecule has 0 radical (unpaired) electrons. The SMILES string of the molecule is N[C@@H]1C(=O)N2C(C(=O)[O-])=C(C[n+]3ccccc3)CO[C@H]12. The molecule has 0 saturated carbocycles. The molecule has 2 aliphatic heterocycles. The summed E-state index contributed by atoms with van der Waals surface area (Å²) < 4.78 is 7.24. The number of amides is 1. The second-order valence-corrected chi connectivity index (χ2v) is 4.72. The van der Waals surface area contributed by atoms with E-state index in [1.807, 2.05) is 18.2 Å². The van der Waals surface area contributed by atoms with Gasteiger partial charge in [-0.25, -0.2) is 4.57 Å². The summed E-state index contributed by atoms with van der Waals surface area (Å²) in [6.07, 6.45) is 2.91. The fraction of sp³-hybridized carbons (Fsp3) is 0.308. The number of ether oxygens (including phenoxy) is 1. The number of nitrogens with two attached hydrogens (primary N) is 1. The number of aromatic nitrogens is 1. The van der Waals surface area contributed by atoms with Crippen LogP contribution in [0.15, 0.2) is 41.9 Å². The van der Waals surface area contributed by atoms with Gasteiger partial charge in [0.05, 0.1) is 18.3 Å². The Hall–Kier alpha value is -2.25. The standard InChI is InChI=1S/C13H13N3O4/c14-9-11(17)16-10(13(18)19)8(7-20-12(9)16)6-15-4-2-1-3-5-15/h1-5,9,12H,6-7,14H2/t9-,12-/m1/s1. The minimum absolute atomic E-state index is 0.118. The molecule has 20 heavy (non-hydrogen) atoms. The van der Waals surface area contributed by atoms with Crippen molar-refractivity contribution >= 4 is 11.9 Å². The van der Waals surface area contributed by atoms with Crippen LogP contribution in [-0.4, -0.2) is 35.7 Å². The number of carbonyl (C=O) groups excluding carboxylic acids is 2. The van der Waals surface area contributed by atoms with E-state index < -0.39 is 24.1 Å². The zero-order valence-electron chi connectivity index (χ0n) is 10.6. The fourth-order valence-corrected chi connectivity index (χ4v) is 2.45. The molecular weight excluding hydrogens is 262 g/mol. The summed E-state index contributed by atoms with van der Waals surface area (Å²) in [7, 11) is 0. The lowest BCUT2D eigenvalue weighted by Crippen LogP contribution is -2.72. The monoisotopic (exact) mass is 275 g/mol. The Morgan fingerprint density at radius 3 is 2.80 bits per heavy atom. The zero-order chi connectivity index (χ0) is 14.3. The molecule has 1 saturated heterocycles. The summed E-state index contributed by atoms with van der Waals surface area (Å²) in [5, 5.41) is 11.3. The van der Waals surface area contributed by atoms with Crippen LogP contribution < -0.4 is 15.4 Å². The molecule has 1 fully saturated rings. The second kappa shape index (κ2) is 4.69. The van der Waals surface area contributed by atoms with Crippen LogP contribution in [0.3, 0.4) is 0 Å². The molecule has 0 unspecified atom stereocenters. The van der Waals surface area contributed by atoms with Crippen molar-refractivity contribution in [3.05, 3.63) is 41.9 Å². The first-order valence-corrected chi connectivity index (χ1v) is 6.17. The van der Waals surface area contributed by atoms with Crippen molar-refractivity contribution in [1.29, 1.82) is 0 Å². The van der Waals surface area contributed by atoms with Gasteiger partial charge in [-0.2, -0.15) is 0 Å². The molecule has 1 aromatic rings. The molecule has 2 N–H and O–H groups in total. The number of rotatable bonds is 3. The molecule has 7 nitrogen and oxygen atoms in total. The van der Waals surface area contributed by atoms with E-state index in [0.29, 0.717) is 12.1 Å². The van der Waals surface area contributed by atoms with E-state index in [0.717, 1.165) is 4.90 Å². The van der Waals surface area contributed by atoms with Crippen LogP contribution in [-0.2, 0) is 20.9 Å². The molecule has 7 heteroatoms. The number of pyridine rings is 1. The van der Waals surface area contributed by atoms with Gasteiger partial charge in [0.25, 0.3) is 5.91 Å². The maximum atomic E-state index is 11.7. The van der Waals surface area contributed by atoms with Crippen molar-refractivity contribution in [2.75, 3.05) is 6.61 Å². The normalized spacial score (nSPS) is 25.2. The maximum absolute atomic E-state index is 11.7. The third-order valence-electron chi connectivity index (χ3n) is 3.43. The van der Waals surface area contributed by atoms with Crippen LogP contribution >= 0.6 is 0 Å². The number of carboxylic acids is 1. The zero-order valence-corrected chi connectivity index (χ0v) is 10.6. The highest BCUT2D eigenvalue weighted by Crippen LogP contribution is 2.31. The second-order valence-electron chi connectivity index (χ2n) is 4.72. The first-order chi connectivity index (χ1) is 9.59. The van der Waals surface area contributed by atoms with Crippen molar-refractivity contribution in [2.45, 2.75) is 18.8 Å². The minimum Gasteiger partial charge on any atom is -0.543 e. The van der Waals surface area contributed by atoms with Gasteiger partial charge in [-0.3, -0.25) is 9.69 Å². The van der Waals surface area contributed by atoms with Gasteiger partial charge < -0.3 is 20.4 Å². The van der Waals surface area contributed by atoms with Gasteiger partial charge in [0.1, 0.15) is 6.04 Å². The quantitative estimate of drug-likeness (QED) is 0.486. The van der Waals surface area contributed by atoms with Crippen molar-refractivity contribution in [1.82, 2.24) is 4.90 Å². The van der Waals surface area contributed by atoms with Gasteiger partial charge in [0, 0.05) is 17.7 Å². The molecule has 0 aromatic carbocycles. The van der Waals surface area contributed by atoms with Crippen LogP contribution in [0.4, 0.5) is 0 Å². The van der Waals surface area contributed by atoms with E-state index in [9.17, 15) is 14.7 Å². The van der Waals surface area contributed by atoms with Gasteiger partial charge in [0.2, 0.25) is 0 Å². The van der Waals surface area contributed by atoms with Crippen molar-refractivity contribution in [3.63, 3.8) is 0 Å². The number of β-lactam (4-membered cyclic amide) rings is 1. The molecule has 2 atom stereocenters. The smallest absolute Gasteiger partial charge is 0.250 e. The number of carbonyl (C=O) groups is 2. The van der Waals surface area contributed by atoms with Crippen molar-refractivity contribution < 1.29 is 24.0 Å². The number of hydrogen-bond acceptors (Lipinski definition) is 5. The number of nitrogens with zero attached hydrogens (tertiary/aromatic N) is 2. The van der Waals surface area contributed by atoms with Crippen LogP contribution in [0, 0.1) is 0 Å². The summed E-state index contributed by atoms with van der Waals surface area (Å²) in [6.45, 7) is 0.434. The van der Waals surface area contributed by atoms with Crippen LogP contribution in [0.1, 0.15) is 0 Å². The van der Waals surface area contributed by atoms with Gasteiger partial charge in [0.15, 0.2) is 25.2 Å². The van der Waals surface area contributed by atoms with Gasteiger partial charge in [-0.05, 0) is 0 Å². The third-order valence-corrected chi connectivity index (χ3v) is 3.43. The minimum atomic E-state index is -1.38. The summed E-state index contributed by atoms with van der Waals surface area (Å²) in [5.74, 6) is -1.84. The summed E-state index contributed by atoms with van der Waals surface area (Å²) in [5.41, 5.74) is 5.94. The molecular formula is C13H13N3O4. The van der Waals surface area contributed by atoms with Crippen LogP contribution in [0.25, 0.3) is 0 Å². The molecule has 3 heterocycles. The average molecular weight is 275 g/mol. The number of aliphatic carboxylic acids is 1. The van der Waals surface area contributed by atoms with Crippen molar-refractivity contribution in [2.24, 2.45) is 5.73 Å². The third kappa shape index (κ3) is 1.87. The summed E-state index contributed by atoms with van der Waals surface area (Å²) in [6, 6.07) is 4.72. The number of carboxylic acid groups (broad SMARTS) is 1. The van der Waals surface area contributed by atoms with E-state index in [1.54, 1.807) is 17.0 Å². The van der Waals surface area contributed by atoms with E-state index >= 15 is 0 Å². The largest absolute Gasteiger partial charge is 0.543 e. The van der Waals surface area contributed by atoms with Gasteiger partial charge in [-0.15, -0.1) is 0 Å². The Morgan fingerprint density at radius 1 is 1.45 bits per heavy atom. The Labute approximate surface area is 114 Å². The Kier molecular flexibility index (Phi) is 3.00. The fourth-order valence-electron chi connectivity index (χ4n) is 2.45. The predicted octanol–water partition coefficient (Wildman–Crippen LogP) is -2.50. The lowest BCUT2D eigenvalue weighted by atomic mass is 9.99. The predicted molar refractivity (Wildman–Crippen MR) is 63.2 cm³/mol. The van der Waals surface area contributed by atoms with Crippen molar-refractivity contribution in [3.8, 4) is 0 Å². The first kappa shape index (κ1) is 12.8. The van der Waals surface area contributed by atoms with Gasteiger partial charge in [-0.1, -0.05) is 6.07 Å². The topological polar surface area (TPSA) is 99.6 Å². The lowest BCUT2D eigenvalue weighted by molar-refractivity contribution is -0.689. The Bertz CT molecular complexity index is 599. The van der Waals surface area contributed by atoms with Gasteiger partial charge >= 0.3 is 0 Å². The Morgan fingerprint density at radius 2 is 2.15 bits per heavy atom. The molecule has 2 aliphatic rings. The molecule has 1 aromatic heterocycles. The summed E-state index contributed by atoms with van der Waals surface area (Å²) in [4.78, 5) is 24.1. The van der Waals surface area contributed by atoms with E-state index in [-0.39, 0.29) is 12.3 Å². The Balaban J connectivity index is 1.94. The molecule has 0 bridgehead atoms. The highest BCUT2D eigenvalue weighted by molar-refractivity contribution is 5.98. The van der Waals surface area contributed by atoms with E-state index in [4.69, 9.17) is 10.5 Å². The van der Waals surface area contributed by atoms with Crippen LogP contribution in [0.2, 0.25) is 0 Å². The first-order valence-electron chi connectivity index (χ1n) is 6.17. The van der Waals surface area contributed by atoms with E-state index in [2.05, 4.69) is 0 Å². The highest BCUT2D eigenvalue weighted by Gasteiger charge is 2.51. The number of fused-ring (bicyclic) bond motifs is 1. The highest BCUT2D eigenvalue weighted by atomic mass is 16.5. The average Bonchev–Trinajstić information content (AvgIpc) is 2.46. The molecule has 104 valence electrons. The molecule has 0 spiro atoms. The molecule has 3 rings (SSSR count). The lowest BCUT2D eigenvalue weighted by Gasteiger charge is -2.48. The molecule has 1 amide bonds. The van der Waals surface area contributed by atoms with Crippen LogP contribution in [0.5, 0.6) is 0 Å². The maximum Gasteiger partial charge on any atom is 0.250 e. The number of hydrogen-bond donors (Lipinski definition) is 1. The summed E-state index contributed by atoms with van der Waals surface area (Å²) >= 11 is 0. The van der Waals surface area contributed by atoms with E-state index in [1.165, 1.54) is 0 Å².